The quantitative estimate of drug-likeness (QED) is 0.765. The molecule has 2 N–H and O–H groups in total. The van der Waals surface area contributed by atoms with Crippen molar-refractivity contribution in [3.05, 3.63) is 32.4 Å². The van der Waals surface area contributed by atoms with E-state index in [0.717, 1.165) is 16.6 Å². The Labute approximate surface area is 146 Å². The molecule has 0 aliphatic heterocycles. The van der Waals surface area contributed by atoms with Gasteiger partial charge >= 0.3 is 11.9 Å². The number of hydrogen-bond donors (Lipinski definition) is 2. The van der Waals surface area contributed by atoms with Gasteiger partial charge in [0.15, 0.2) is 0 Å². The van der Waals surface area contributed by atoms with Gasteiger partial charge in [0.25, 0.3) is 0 Å². The lowest BCUT2D eigenvalue weighted by atomic mass is 9.87. The lowest BCUT2D eigenvalue weighted by Crippen LogP contribution is -2.24. The Kier molecular flexibility index (Phi) is 4.38. The van der Waals surface area contributed by atoms with Crippen molar-refractivity contribution >= 4 is 50.4 Å². The summed E-state index contributed by atoms with van der Waals surface area (Å²) in [4.78, 5) is 26.6. The average molecular weight is 401 g/mol. The van der Waals surface area contributed by atoms with Crippen molar-refractivity contribution in [2.75, 3.05) is 6.61 Å². The average Bonchev–Trinajstić information content (AvgIpc) is 2.89. The Bertz CT molecular complexity index is 814. The Balaban J connectivity index is 2.11. The smallest absolute Gasteiger partial charge is 0.337 e. The minimum atomic E-state index is -1.04. The molecule has 1 aliphatic rings. The number of aromatic amines is 1. The van der Waals surface area contributed by atoms with Crippen molar-refractivity contribution in [2.24, 2.45) is 5.92 Å². The molecule has 1 aromatic carbocycles. The Morgan fingerprint density at radius 2 is 2.26 bits per heavy atom. The summed E-state index contributed by atoms with van der Waals surface area (Å²) in [7, 11) is 0. The normalized spacial score (nSPS) is 17.1. The summed E-state index contributed by atoms with van der Waals surface area (Å²) < 4.78 is 5.78. The molecule has 7 heteroatoms. The van der Waals surface area contributed by atoms with E-state index >= 15 is 0 Å². The Morgan fingerprint density at radius 3 is 2.91 bits per heavy atom. The molecule has 5 nitrogen and oxygen atoms in total. The zero-order valence-electron chi connectivity index (χ0n) is 12.4. The van der Waals surface area contributed by atoms with Crippen LogP contribution in [0.3, 0.4) is 0 Å². The van der Waals surface area contributed by atoms with Gasteiger partial charge in [0.2, 0.25) is 0 Å². The number of H-pyrrole nitrogens is 1. The number of aryl methyl sites for hydroxylation is 1. The molecule has 0 saturated carbocycles. The molecule has 23 heavy (non-hydrogen) atoms. The van der Waals surface area contributed by atoms with E-state index in [1.807, 2.05) is 0 Å². The third kappa shape index (κ3) is 2.74. The number of aromatic nitrogens is 1. The number of carbonyl (C=O) groups excluding carboxylic acids is 1. The van der Waals surface area contributed by atoms with Gasteiger partial charge in [0.05, 0.1) is 28.6 Å². The lowest BCUT2D eigenvalue weighted by Gasteiger charge is -2.20. The van der Waals surface area contributed by atoms with Crippen LogP contribution in [0.1, 0.15) is 35.0 Å². The summed E-state index contributed by atoms with van der Waals surface area (Å²) >= 11 is 9.61. The summed E-state index contributed by atoms with van der Waals surface area (Å²) in [5, 5.41) is 10.6. The van der Waals surface area contributed by atoms with E-state index in [9.17, 15) is 14.7 Å². The van der Waals surface area contributed by atoms with E-state index in [-0.39, 0.29) is 17.5 Å². The second kappa shape index (κ2) is 6.17. The van der Waals surface area contributed by atoms with Gasteiger partial charge in [-0.25, -0.2) is 4.79 Å². The highest BCUT2D eigenvalue weighted by molar-refractivity contribution is 9.10. The van der Waals surface area contributed by atoms with Gasteiger partial charge in [-0.2, -0.15) is 0 Å². The molecule has 2 aromatic rings. The predicted molar refractivity (Wildman–Crippen MR) is 90.1 cm³/mol. The van der Waals surface area contributed by atoms with Crippen LogP contribution in [0.2, 0.25) is 5.02 Å². The molecule has 1 heterocycles. The third-order valence-electron chi connectivity index (χ3n) is 4.21. The molecule has 0 bridgehead atoms. The molecule has 1 atom stereocenters. The first-order valence-corrected chi connectivity index (χ1v) is 8.52. The van der Waals surface area contributed by atoms with Crippen molar-refractivity contribution in [1.29, 1.82) is 0 Å². The molecular formula is C16H15BrClNO4. The van der Waals surface area contributed by atoms with Crippen LogP contribution in [-0.2, 0) is 22.4 Å². The van der Waals surface area contributed by atoms with Crippen LogP contribution in [-0.4, -0.2) is 28.6 Å². The molecule has 0 spiro atoms. The fourth-order valence-corrected chi connectivity index (χ4v) is 3.92. The largest absolute Gasteiger partial charge is 0.478 e. The number of carboxylic acid groups (broad SMARTS) is 1. The van der Waals surface area contributed by atoms with Crippen LogP contribution < -0.4 is 0 Å². The minimum absolute atomic E-state index is 0.135. The maximum absolute atomic E-state index is 12.0. The Hall–Kier alpha value is -1.53. The second-order valence-electron chi connectivity index (χ2n) is 5.55. The van der Waals surface area contributed by atoms with Crippen molar-refractivity contribution in [1.82, 2.24) is 4.98 Å². The molecule has 0 amide bonds. The number of rotatable bonds is 3. The molecule has 0 saturated heterocycles. The van der Waals surface area contributed by atoms with E-state index in [1.165, 1.54) is 6.07 Å². The van der Waals surface area contributed by atoms with Crippen LogP contribution in [0.5, 0.6) is 0 Å². The zero-order chi connectivity index (χ0) is 16.7. The van der Waals surface area contributed by atoms with E-state index in [1.54, 1.807) is 6.92 Å². The maximum Gasteiger partial charge on any atom is 0.337 e. The number of carboxylic acids is 1. The summed E-state index contributed by atoms with van der Waals surface area (Å²) in [5.41, 5.74) is 2.59. The summed E-state index contributed by atoms with van der Waals surface area (Å²) in [6, 6.07) is 1.43. The highest BCUT2D eigenvalue weighted by Gasteiger charge is 2.30. The highest BCUT2D eigenvalue weighted by Crippen LogP contribution is 2.40. The zero-order valence-corrected chi connectivity index (χ0v) is 14.8. The molecule has 0 fully saturated rings. The molecule has 0 radical (unpaired) electrons. The van der Waals surface area contributed by atoms with Crippen molar-refractivity contribution in [2.45, 2.75) is 26.2 Å². The van der Waals surface area contributed by atoms with Crippen LogP contribution in [0.15, 0.2) is 10.5 Å². The summed E-state index contributed by atoms with van der Waals surface area (Å²) in [6.45, 7) is 2.15. The summed E-state index contributed by atoms with van der Waals surface area (Å²) in [5.74, 6) is -1.43. The first-order chi connectivity index (χ1) is 10.9. The van der Waals surface area contributed by atoms with E-state index < -0.39 is 5.97 Å². The van der Waals surface area contributed by atoms with Gasteiger partial charge < -0.3 is 14.8 Å². The number of aromatic carboxylic acids is 1. The van der Waals surface area contributed by atoms with Gasteiger partial charge in [-0.15, -0.1) is 0 Å². The van der Waals surface area contributed by atoms with Crippen molar-refractivity contribution in [3.8, 4) is 0 Å². The standard InChI is InChI=1S/C16H15BrClNO4/c1-2-23-16(22)7-3-4-8-11(5-7)19-14-9(15(20)21)6-10(18)13(17)12(8)14/h6-7,19H,2-5H2,1H3,(H,20,21). The van der Waals surface area contributed by atoms with Crippen LogP contribution in [0, 0.1) is 5.92 Å². The first-order valence-electron chi connectivity index (χ1n) is 7.35. The van der Waals surface area contributed by atoms with Gasteiger partial charge in [-0.3, -0.25) is 4.79 Å². The number of nitrogens with one attached hydrogen (secondary N) is 1. The predicted octanol–water partition coefficient (Wildman–Crippen LogP) is 3.95. The second-order valence-corrected chi connectivity index (χ2v) is 6.75. The van der Waals surface area contributed by atoms with Crippen LogP contribution in [0.4, 0.5) is 0 Å². The monoisotopic (exact) mass is 399 g/mol. The Morgan fingerprint density at radius 1 is 1.52 bits per heavy atom. The van der Waals surface area contributed by atoms with E-state index in [2.05, 4.69) is 20.9 Å². The minimum Gasteiger partial charge on any atom is -0.478 e. The summed E-state index contributed by atoms with van der Waals surface area (Å²) in [6.07, 6.45) is 1.88. The fraction of sp³-hybridized carbons (Fsp3) is 0.375. The third-order valence-corrected chi connectivity index (χ3v) is 5.56. The number of hydrogen-bond acceptors (Lipinski definition) is 3. The first kappa shape index (κ1) is 16.3. The number of ether oxygens (including phenoxy) is 1. The molecule has 3 rings (SSSR count). The fourth-order valence-electron chi connectivity index (χ4n) is 3.16. The number of esters is 1. The number of fused-ring (bicyclic) bond motifs is 3. The highest BCUT2D eigenvalue weighted by atomic mass is 79.9. The van der Waals surface area contributed by atoms with Gasteiger partial charge in [-0.1, -0.05) is 11.6 Å². The molecular weight excluding hydrogens is 386 g/mol. The van der Waals surface area contributed by atoms with Crippen LogP contribution >= 0.6 is 27.5 Å². The lowest BCUT2D eigenvalue weighted by molar-refractivity contribution is -0.148. The van der Waals surface area contributed by atoms with Crippen molar-refractivity contribution in [3.63, 3.8) is 0 Å². The number of carbonyl (C=O) groups is 2. The van der Waals surface area contributed by atoms with Gasteiger partial charge in [0.1, 0.15) is 0 Å². The molecule has 1 unspecified atom stereocenters. The molecule has 1 aliphatic carbocycles. The van der Waals surface area contributed by atoms with E-state index in [0.29, 0.717) is 40.9 Å². The van der Waals surface area contributed by atoms with Gasteiger partial charge in [-0.05, 0) is 47.3 Å². The van der Waals surface area contributed by atoms with Crippen LogP contribution in [0.25, 0.3) is 10.9 Å². The number of halogens is 2. The maximum atomic E-state index is 12.0. The van der Waals surface area contributed by atoms with Gasteiger partial charge in [0, 0.05) is 22.0 Å². The molecule has 122 valence electrons. The SMILES string of the molecule is CCOC(=O)C1CCc2c([nH]c3c(C(=O)O)cc(Cl)c(Br)c23)C1. The van der Waals surface area contributed by atoms with E-state index in [4.69, 9.17) is 16.3 Å². The molecule has 1 aromatic heterocycles. The van der Waals surface area contributed by atoms with Crippen molar-refractivity contribution < 1.29 is 19.4 Å². The number of benzene rings is 1. The topological polar surface area (TPSA) is 79.4 Å².